The van der Waals surface area contributed by atoms with E-state index in [1.54, 1.807) is 0 Å². The van der Waals surface area contributed by atoms with Crippen LogP contribution < -0.4 is 0 Å². The van der Waals surface area contributed by atoms with E-state index in [0.29, 0.717) is 25.7 Å². The zero-order chi connectivity index (χ0) is 71.8. The Morgan fingerprint density at radius 2 is 0.408 bits per heavy atom. The van der Waals surface area contributed by atoms with Crippen LogP contribution in [0, 0.1) is 0 Å². The van der Waals surface area contributed by atoms with Gasteiger partial charge in [-0.2, -0.15) is 0 Å². The summed E-state index contributed by atoms with van der Waals surface area (Å²) in [7, 11) is -9.91. The van der Waals surface area contributed by atoms with Crippen molar-refractivity contribution in [1.82, 2.24) is 0 Å². The van der Waals surface area contributed by atoms with Crippen LogP contribution in [-0.4, -0.2) is 96.7 Å². The first-order valence-electron chi connectivity index (χ1n) is 41.3. The number of ether oxygens (including phenoxy) is 4. The van der Waals surface area contributed by atoms with Crippen LogP contribution in [-0.2, 0) is 65.4 Å². The Hall–Kier alpha value is -1.94. The van der Waals surface area contributed by atoms with Gasteiger partial charge in [0.1, 0.15) is 19.3 Å². The highest BCUT2D eigenvalue weighted by molar-refractivity contribution is 7.47. The fraction of sp³-hybridized carbons (Fsp3) is 0.949. The van der Waals surface area contributed by atoms with Gasteiger partial charge < -0.3 is 33.8 Å². The van der Waals surface area contributed by atoms with Crippen molar-refractivity contribution >= 4 is 39.5 Å². The monoisotopic (exact) mass is 1440 g/mol. The van der Waals surface area contributed by atoms with Gasteiger partial charge in [-0.15, -0.1) is 0 Å². The largest absolute Gasteiger partial charge is 0.472 e. The van der Waals surface area contributed by atoms with E-state index in [1.807, 2.05) is 0 Å². The number of esters is 4. The molecule has 0 heterocycles. The minimum absolute atomic E-state index is 0.109. The van der Waals surface area contributed by atoms with Gasteiger partial charge in [-0.1, -0.05) is 374 Å². The van der Waals surface area contributed by atoms with Crippen molar-refractivity contribution in [2.45, 2.75) is 444 Å². The molecule has 0 aromatic heterocycles. The maximum absolute atomic E-state index is 13.1. The molecule has 0 saturated carbocycles. The van der Waals surface area contributed by atoms with Crippen LogP contribution >= 0.6 is 15.6 Å². The molecular weight excluding hydrogens is 1280 g/mol. The lowest BCUT2D eigenvalue weighted by atomic mass is 10.0. The molecule has 98 heavy (non-hydrogen) atoms. The molecule has 0 fully saturated rings. The van der Waals surface area contributed by atoms with Gasteiger partial charge in [0.25, 0.3) is 0 Å². The topological polar surface area (TPSA) is 237 Å². The molecule has 582 valence electrons. The van der Waals surface area contributed by atoms with Crippen LogP contribution in [0.15, 0.2) is 0 Å². The lowest BCUT2D eigenvalue weighted by Crippen LogP contribution is -2.30. The molecule has 0 rings (SSSR count). The zero-order valence-electron chi connectivity index (χ0n) is 63.8. The Bertz CT molecular complexity index is 1860. The second-order valence-corrected chi connectivity index (χ2v) is 31.4. The lowest BCUT2D eigenvalue weighted by Gasteiger charge is -2.21. The predicted octanol–water partition coefficient (Wildman–Crippen LogP) is 23.8. The van der Waals surface area contributed by atoms with Crippen molar-refractivity contribution in [2.24, 2.45) is 0 Å². The summed E-state index contributed by atoms with van der Waals surface area (Å²) < 4.78 is 68.7. The number of rotatable bonds is 80. The number of aliphatic hydroxyl groups is 1. The molecule has 2 unspecified atom stereocenters. The maximum Gasteiger partial charge on any atom is 0.472 e. The van der Waals surface area contributed by atoms with Gasteiger partial charge >= 0.3 is 39.5 Å². The van der Waals surface area contributed by atoms with Crippen LogP contribution in [0.1, 0.15) is 426 Å². The van der Waals surface area contributed by atoms with Gasteiger partial charge in [0.2, 0.25) is 0 Å². The Morgan fingerprint density at radius 3 is 0.602 bits per heavy atom. The first-order chi connectivity index (χ1) is 47.7. The number of phosphoric ester groups is 2. The third-order valence-electron chi connectivity index (χ3n) is 18.6. The number of carbonyl (C=O) groups excluding carboxylic acids is 4. The number of hydrogen-bond donors (Lipinski definition) is 3. The number of phosphoric acid groups is 2. The van der Waals surface area contributed by atoms with Crippen molar-refractivity contribution in [3.8, 4) is 0 Å². The molecule has 3 N–H and O–H groups in total. The Balaban J connectivity index is 5.25. The van der Waals surface area contributed by atoms with Crippen molar-refractivity contribution in [2.75, 3.05) is 39.6 Å². The van der Waals surface area contributed by atoms with Crippen molar-refractivity contribution in [3.05, 3.63) is 0 Å². The quantitative estimate of drug-likeness (QED) is 0.0222. The fourth-order valence-corrected chi connectivity index (χ4v) is 13.9. The Morgan fingerprint density at radius 1 is 0.245 bits per heavy atom. The van der Waals surface area contributed by atoms with E-state index >= 15 is 0 Å². The van der Waals surface area contributed by atoms with E-state index < -0.39 is 97.5 Å². The van der Waals surface area contributed by atoms with E-state index in [2.05, 4.69) is 27.7 Å². The second kappa shape index (κ2) is 73.4. The van der Waals surface area contributed by atoms with E-state index in [9.17, 15) is 43.2 Å². The fourth-order valence-electron chi connectivity index (χ4n) is 12.3. The molecule has 0 aliphatic heterocycles. The molecular formula is C79H154O17P2. The highest BCUT2D eigenvalue weighted by Crippen LogP contribution is 2.45. The van der Waals surface area contributed by atoms with Gasteiger partial charge in [0.05, 0.1) is 26.4 Å². The second-order valence-electron chi connectivity index (χ2n) is 28.5. The smallest absolute Gasteiger partial charge is 0.462 e. The molecule has 0 aliphatic rings. The molecule has 5 atom stereocenters. The van der Waals surface area contributed by atoms with Gasteiger partial charge in [0, 0.05) is 25.7 Å². The first-order valence-corrected chi connectivity index (χ1v) is 44.3. The molecule has 17 nitrogen and oxygen atoms in total. The third kappa shape index (κ3) is 72.4. The lowest BCUT2D eigenvalue weighted by molar-refractivity contribution is -0.161. The molecule has 0 aromatic rings. The normalized spacial score (nSPS) is 13.8. The summed E-state index contributed by atoms with van der Waals surface area (Å²) in [6, 6.07) is 0. The average Bonchev–Trinajstić information content (AvgIpc) is 1.04. The summed E-state index contributed by atoms with van der Waals surface area (Å²) in [5.74, 6) is -2.10. The molecule has 0 aliphatic carbocycles. The van der Waals surface area contributed by atoms with Crippen LogP contribution in [0.4, 0.5) is 0 Å². The molecule has 0 radical (unpaired) electrons. The third-order valence-corrected chi connectivity index (χ3v) is 20.5. The maximum atomic E-state index is 13.1. The van der Waals surface area contributed by atoms with Crippen molar-refractivity contribution < 1.29 is 80.2 Å². The minimum Gasteiger partial charge on any atom is -0.462 e. The molecule has 0 saturated heterocycles. The molecule has 0 spiro atoms. The molecule has 0 bridgehead atoms. The Kier molecular flexibility index (Phi) is 71.9. The van der Waals surface area contributed by atoms with E-state index in [1.165, 1.54) is 257 Å². The summed E-state index contributed by atoms with van der Waals surface area (Å²) >= 11 is 0. The Labute approximate surface area is 600 Å². The highest BCUT2D eigenvalue weighted by atomic mass is 31.2. The summed E-state index contributed by atoms with van der Waals surface area (Å²) in [5, 5.41) is 10.6. The summed E-state index contributed by atoms with van der Waals surface area (Å²) in [5.41, 5.74) is 0. The van der Waals surface area contributed by atoms with Gasteiger partial charge in [-0.3, -0.25) is 37.3 Å². The van der Waals surface area contributed by atoms with E-state index in [4.69, 9.17) is 37.0 Å². The number of hydrogen-bond acceptors (Lipinski definition) is 15. The molecule has 0 amide bonds. The summed E-state index contributed by atoms with van der Waals surface area (Å²) in [6.45, 7) is 5.02. The standard InChI is InChI=1S/C79H154O17P2/c1-5-9-13-17-21-25-29-33-35-36-37-39-42-46-50-54-58-62-66-79(84)96-75(70-90-77(82)64-60-56-52-48-44-41-38-34-30-26-22-18-14-10-6-2)72-94-98(87,88)92-68-73(80)67-91-97(85,86)93-71-74(69-89-76(81)63-59-55-51-47-43-32-28-24-20-16-12-8-4)95-78(83)65-61-57-53-49-45-40-31-27-23-19-15-11-7-3/h73-75,80H,5-72H2,1-4H3,(H,85,86)(H,87,88)/t73-,74+,75+/m0/s1. The predicted molar refractivity (Wildman–Crippen MR) is 400 cm³/mol. The van der Waals surface area contributed by atoms with E-state index in [0.717, 1.165) is 89.9 Å². The highest BCUT2D eigenvalue weighted by Gasteiger charge is 2.30. The van der Waals surface area contributed by atoms with Crippen LogP contribution in [0.5, 0.6) is 0 Å². The molecule has 0 aromatic carbocycles. The zero-order valence-corrected chi connectivity index (χ0v) is 65.6. The van der Waals surface area contributed by atoms with E-state index in [-0.39, 0.29) is 25.7 Å². The number of unbranched alkanes of at least 4 members (excludes halogenated alkanes) is 54. The van der Waals surface area contributed by atoms with Crippen molar-refractivity contribution in [3.63, 3.8) is 0 Å². The first kappa shape index (κ1) is 96.1. The average molecular weight is 1440 g/mol. The van der Waals surface area contributed by atoms with Crippen LogP contribution in [0.3, 0.4) is 0 Å². The summed E-state index contributed by atoms with van der Waals surface area (Å²) in [6.07, 6.45) is 65.0. The van der Waals surface area contributed by atoms with Crippen LogP contribution in [0.25, 0.3) is 0 Å². The summed E-state index contributed by atoms with van der Waals surface area (Å²) in [4.78, 5) is 73.0. The van der Waals surface area contributed by atoms with Gasteiger partial charge in [-0.25, -0.2) is 9.13 Å². The number of aliphatic hydroxyl groups excluding tert-OH is 1. The van der Waals surface area contributed by atoms with Crippen LogP contribution in [0.2, 0.25) is 0 Å². The number of carbonyl (C=O) groups is 4. The minimum atomic E-state index is -4.96. The van der Waals surface area contributed by atoms with Gasteiger partial charge in [-0.05, 0) is 25.7 Å². The van der Waals surface area contributed by atoms with Crippen molar-refractivity contribution in [1.29, 1.82) is 0 Å². The SMILES string of the molecule is CCCCCCCCCCCCCCCCCCCCC(=O)O[C@H](COC(=O)CCCCCCCCCCCCCCCCC)COP(=O)(O)OC[C@@H](O)COP(=O)(O)OC[C@@H](COC(=O)CCCCCCCCCCCCCC)OC(=O)CCCCCCCCCCCCCCC. The van der Waals surface area contributed by atoms with Gasteiger partial charge in [0.15, 0.2) is 12.2 Å². The molecule has 19 heteroatoms.